The molecule has 2 aromatic carbocycles. The van der Waals surface area contributed by atoms with Crippen molar-refractivity contribution < 1.29 is 17.9 Å². The number of ether oxygens (including phenoxy) is 1. The average Bonchev–Trinajstić information content (AvgIpc) is 2.45. The van der Waals surface area contributed by atoms with Gasteiger partial charge in [-0.05, 0) is 42.8 Å². The Morgan fingerprint density at radius 2 is 1.91 bits per heavy atom. The number of esters is 1. The van der Waals surface area contributed by atoms with Gasteiger partial charge in [0.15, 0.2) is 0 Å². The van der Waals surface area contributed by atoms with E-state index < -0.39 is 16.0 Å². The molecule has 116 valence electrons. The van der Waals surface area contributed by atoms with Crippen molar-refractivity contribution >= 4 is 33.3 Å². The maximum atomic E-state index is 12.4. The van der Waals surface area contributed by atoms with E-state index in [1.54, 1.807) is 18.2 Å². The lowest BCUT2D eigenvalue weighted by atomic mass is 10.2. The highest BCUT2D eigenvalue weighted by Gasteiger charge is 2.20. The average molecular weight is 340 g/mol. The molecule has 2 rings (SSSR count). The van der Waals surface area contributed by atoms with Crippen LogP contribution in [0.1, 0.15) is 15.9 Å². The molecule has 0 bridgehead atoms. The molecule has 0 saturated heterocycles. The Kier molecular flexibility index (Phi) is 4.73. The van der Waals surface area contributed by atoms with E-state index in [1.807, 2.05) is 13.0 Å². The second-order valence-corrected chi connectivity index (χ2v) is 6.67. The summed E-state index contributed by atoms with van der Waals surface area (Å²) in [6.45, 7) is 1.86. The SMILES string of the molecule is COC(=O)c1ccc(S(=O)(=O)Nc2cccc(C)c2)c(Cl)c1. The Hall–Kier alpha value is -2.05. The standard InChI is InChI=1S/C15H14ClNO4S/c1-10-4-3-5-12(8-10)17-22(19,20)14-7-6-11(9-13(14)16)15(18)21-2/h3-9,17H,1-2H3. The van der Waals surface area contributed by atoms with Gasteiger partial charge in [-0.25, -0.2) is 13.2 Å². The number of anilines is 1. The number of carbonyl (C=O) groups excluding carboxylic acids is 1. The third-order valence-corrected chi connectivity index (χ3v) is 4.78. The molecule has 5 nitrogen and oxygen atoms in total. The molecular formula is C15H14ClNO4S. The number of sulfonamides is 1. The molecule has 0 aliphatic carbocycles. The minimum atomic E-state index is -3.84. The predicted octanol–water partition coefficient (Wildman–Crippen LogP) is 3.24. The molecule has 0 saturated carbocycles. The van der Waals surface area contributed by atoms with Gasteiger partial charge in [-0.2, -0.15) is 0 Å². The van der Waals surface area contributed by atoms with Crippen molar-refractivity contribution in [2.45, 2.75) is 11.8 Å². The van der Waals surface area contributed by atoms with Crippen LogP contribution in [0.3, 0.4) is 0 Å². The van der Waals surface area contributed by atoms with E-state index in [9.17, 15) is 13.2 Å². The van der Waals surface area contributed by atoms with Crippen molar-refractivity contribution in [1.29, 1.82) is 0 Å². The van der Waals surface area contributed by atoms with E-state index in [4.69, 9.17) is 11.6 Å². The zero-order valence-electron chi connectivity index (χ0n) is 12.0. The summed E-state index contributed by atoms with van der Waals surface area (Å²) in [4.78, 5) is 11.3. The van der Waals surface area contributed by atoms with Crippen LogP contribution in [-0.4, -0.2) is 21.5 Å². The van der Waals surface area contributed by atoms with E-state index >= 15 is 0 Å². The van der Waals surface area contributed by atoms with E-state index in [-0.39, 0.29) is 15.5 Å². The summed E-state index contributed by atoms with van der Waals surface area (Å²) < 4.78 is 31.8. The Labute approximate surface area is 133 Å². The molecule has 0 aromatic heterocycles. The van der Waals surface area contributed by atoms with Crippen molar-refractivity contribution in [3.63, 3.8) is 0 Å². The van der Waals surface area contributed by atoms with E-state index in [0.29, 0.717) is 5.69 Å². The highest BCUT2D eigenvalue weighted by Crippen LogP contribution is 2.25. The molecule has 0 heterocycles. The second-order valence-electron chi connectivity index (χ2n) is 4.61. The van der Waals surface area contributed by atoms with Crippen LogP contribution in [0.4, 0.5) is 5.69 Å². The van der Waals surface area contributed by atoms with E-state index in [2.05, 4.69) is 9.46 Å². The molecule has 1 N–H and O–H groups in total. The summed E-state index contributed by atoms with van der Waals surface area (Å²) in [7, 11) is -2.61. The molecule has 0 unspecified atom stereocenters. The highest BCUT2D eigenvalue weighted by molar-refractivity contribution is 7.92. The van der Waals surface area contributed by atoms with Crippen molar-refractivity contribution in [3.05, 3.63) is 58.6 Å². The second kappa shape index (κ2) is 6.37. The van der Waals surface area contributed by atoms with Gasteiger partial charge >= 0.3 is 5.97 Å². The zero-order valence-corrected chi connectivity index (χ0v) is 13.5. The summed E-state index contributed by atoms with van der Waals surface area (Å²) in [5, 5.41) is -0.0527. The number of hydrogen-bond donors (Lipinski definition) is 1. The molecule has 0 atom stereocenters. The van der Waals surface area contributed by atoms with Crippen molar-refractivity contribution in [3.8, 4) is 0 Å². The molecule has 22 heavy (non-hydrogen) atoms. The Morgan fingerprint density at radius 3 is 2.50 bits per heavy atom. The fourth-order valence-electron chi connectivity index (χ4n) is 1.88. The van der Waals surface area contributed by atoms with Crippen molar-refractivity contribution in [1.82, 2.24) is 0 Å². The van der Waals surface area contributed by atoms with Crippen LogP contribution in [0.2, 0.25) is 5.02 Å². The fraction of sp³-hybridized carbons (Fsp3) is 0.133. The molecule has 7 heteroatoms. The van der Waals surface area contributed by atoms with E-state index in [0.717, 1.165) is 5.56 Å². The first-order valence-electron chi connectivity index (χ1n) is 6.31. The van der Waals surface area contributed by atoms with Gasteiger partial charge in [0.25, 0.3) is 10.0 Å². The number of methoxy groups -OCH3 is 1. The van der Waals surface area contributed by atoms with Gasteiger partial charge in [-0.1, -0.05) is 23.7 Å². The number of rotatable bonds is 4. The minimum Gasteiger partial charge on any atom is -0.465 e. The first kappa shape index (κ1) is 16.3. The number of carbonyl (C=O) groups is 1. The highest BCUT2D eigenvalue weighted by atomic mass is 35.5. The topological polar surface area (TPSA) is 72.5 Å². The third-order valence-electron chi connectivity index (χ3n) is 2.91. The first-order chi connectivity index (χ1) is 10.3. The van der Waals surface area contributed by atoms with Crippen LogP contribution in [0, 0.1) is 6.92 Å². The summed E-state index contributed by atoms with van der Waals surface area (Å²) in [6.07, 6.45) is 0. The largest absolute Gasteiger partial charge is 0.465 e. The lowest BCUT2D eigenvalue weighted by Gasteiger charge is -2.10. The Bertz CT molecular complexity index is 818. The summed E-state index contributed by atoms with van der Waals surface area (Å²) in [6, 6.07) is 10.8. The van der Waals surface area contributed by atoms with Crippen LogP contribution in [0.5, 0.6) is 0 Å². The minimum absolute atomic E-state index is 0.0527. The summed E-state index contributed by atoms with van der Waals surface area (Å²) >= 11 is 5.99. The molecule has 0 amide bonds. The van der Waals surface area contributed by atoms with Crippen LogP contribution in [-0.2, 0) is 14.8 Å². The van der Waals surface area contributed by atoms with Crippen molar-refractivity contribution in [2.24, 2.45) is 0 Å². The molecule has 0 aliphatic rings. The van der Waals surface area contributed by atoms with Crippen molar-refractivity contribution in [2.75, 3.05) is 11.8 Å². The smallest absolute Gasteiger partial charge is 0.337 e. The first-order valence-corrected chi connectivity index (χ1v) is 8.17. The monoisotopic (exact) mass is 339 g/mol. The van der Waals surface area contributed by atoms with Gasteiger partial charge in [0.2, 0.25) is 0 Å². The predicted molar refractivity (Wildman–Crippen MR) is 84.8 cm³/mol. The quantitative estimate of drug-likeness (QED) is 0.868. The molecule has 0 spiro atoms. The third kappa shape index (κ3) is 3.58. The zero-order chi connectivity index (χ0) is 16.3. The maximum absolute atomic E-state index is 12.4. The van der Waals surface area contributed by atoms with Gasteiger partial charge in [0, 0.05) is 5.69 Å². The number of halogens is 1. The lowest BCUT2D eigenvalue weighted by molar-refractivity contribution is 0.0600. The lowest BCUT2D eigenvalue weighted by Crippen LogP contribution is -2.14. The molecule has 0 aliphatic heterocycles. The number of nitrogens with one attached hydrogen (secondary N) is 1. The summed E-state index contributed by atoms with van der Waals surface area (Å²) in [5.41, 5.74) is 1.54. The fourth-order valence-corrected chi connectivity index (χ4v) is 3.48. The molecule has 0 fully saturated rings. The van der Waals surface area contributed by atoms with Gasteiger partial charge in [-0.3, -0.25) is 4.72 Å². The van der Waals surface area contributed by atoms with E-state index in [1.165, 1.54) is 25.3 Å². The van der Waals surface area contributed by atoms with Gasteiger partial charge in [-0.15, -0.1) is 0 Å². The Balaban J connectivity index is 2.35. The van der Waals surface area contributed by atoms with Crippen LogP contribution >= 0.6 is 11.6 Å². The normalized spacial score (nSPS) is 11.0. The van der Waals surface area contributed by atoms with Crippen LogP contribution < -0.4 is 4.72 Å². The number of hydrogen-bond acceptors (Lipinski definition) is 4. The van der Waals surface area contributed by atoms with Gasteiger partial charge in [0.05, 0.1) is 17.7 Å². The Morgan fingerprint density at radius 1 is 1.18 bits per heavy atom. The van der Waals surface area contributed by atoms with Crippen LogP contribution in [0.15, 0.2) is 47.4 Å². The number of benzene rings is 2. The van der Waals surface area contributed by atoms with Crippen LogP contribution in [0.25, 0.3) is 0 Å². The molecule has 2 aromatic rings. The molecule has 0 radical (unpaired) electrons. The van der Waals surface area contributed by atoms with Gasteiger partial charge in [0.1, 0.15) is 4.90 Å². The molecular weight excluding hydrogens is 326 g/mol. The van der Waals surface area contributed by atoms with Gasteiger partial charge < -0.3 is 4.74 Å². The maximum Gasteiger partial charge on any atom is 0.337 e. The number of aryl methyl sites for hydroxylation is 1. The summed E-state index contributed by atoms with van der Waals surface area (Å²) in [5.74, 6) is -0.586.